The van der Waals surface area contributed by atoms with E-state index < -0.39 is 0 Å². The molecule has 1 aromatic carbocycles. The molecule has 0 saturated heterocycles. The number of hydrogen-bond donors (Lipinski definition) is 1. The number of hydrogen-bond acceptors (Lipinski definition) is 5. The molecule has 0 fully saturated rings. The summed E-state index contributed by atoms with van der Waals surface area (Å²) in [6, 6.07) is 5.45. The van der Waals surface area contributed by atoms with Crippen LogP contribution in [0.5, 0.6) is 0 Å². The minimum absolute atomic E-state index is 0.0951. The summed E-state index contributed by atoms with van der Waals surface area (Å²) >= 11 is 0. The predicted octanol–water partition coefficient (Wildman–Crippen LogP) is 0.853. The Labute approximate surface area is 110 Å². The fourth-order valence-corrected chi connectivity index (χ4v) is 2.44. The maximum Gasteiger partial charge on any atom is 0.337 e. The number of esters is 1. The van der Waals surface area contributed by atoms with Crippen molar-refractivity contribution in [3.8, 4) is 0 Å². The van der Waals surface area contributed by atoms with Crippen molar-refractivity contribution in [1.29, 1.82) is 0 Å². The summed E-state index contributed by atoms with van der Waals surface area (Å²) < 4.78 is 12.3. The average molecular weight is 261 g/mol. The topological polar surface area (TPSA) is 79.4 Å². The van der Waals surface area contributed by atoms with Crippen molar-refractivity contribution in [3.05, 3.63) is 29.6 Å². The van der Waals surface area contributed by atoms with Gasteiger partial charge in [0.1, 0.15) is 12.4 Å². The standard InChI is InChI=1S/C13H15N3O3/c1-18-13(17)8-2-3-11-10(4-8)15-12-7-19-6-9(5-14)16(11)12/h2-4,9H,5-7,14H2,1H3/t9-/m0/s1. The summed E-state index contributed by atoms with van der Waals surface area (Å²) in [5.74, 6) is 0.484. The molecule has 1 aliphatic rings. The fourth-order valence-electron chi connectivity index (χ4n) is 2.44. The lowest BCUT2D eigenvalue weighted by Gasteiger charge is -2.24. The van der Waals surface area contributed by atoms with E-state index in [1.54, 1.807) is 12.1 Å². The molecule has 2 N–H and O–H groups in total. The summed E-state index contributed by atoms with van der Waals surface area (Å²) in [7, 11) is 1.36. The Kier molecular flexibility index (Phi) is 2.96. The highest BCUT2D eigenvalue weighted by atomic mass is 16.5. The van der Waals surface area contributed by atoms with Gasteiger partial charge >= 0.3 is 5.97 Å². The number of carbonyl (C=O) groups is 1. The van der Waals surface area contributed by atoms with E-state index in [4.69, 9.17) is 15.2 Å². The molecule has 0 saturated carbocycles. The number of methoxy groups -OCH3 is 1. The predicted molar refractivity (Wildman–Crippen MR) is 68.8 cm³/mol. The van der Waals surface area contributed by atoms with Gasteiger partial charge in [0, 0.05) is 6.54 Å². The lowest BCUT2D eigenvalue weighted by atomic mass is 10.2. The first-order valence-corrected chi connectivity index (χ1v) is 6.11. The molecule has 0 amide bonds. The number of imidazole rings is 1. The molecule has 0 spiro atoms. The summed E-state index contributed by atoms with van der Waals surface area (Å²) in [6.07, 6.45) is 0. The number of carbonyl (C=O) groups excluding carboxylic acids is 1. The van der Waals surface area contributed by atoms with Gasteiger partial charge in [0.05, 0.1) is 36.4 Å². The Balaban J connectivity index is 2.14. The van der Waals surface area contributed by atoms with Crippen LogP contribution >= 0.6 is 0 Å². The van der Waals surface area contributed by atoms with Gasteiger partial charge in [-0.05, 0) is 18.2 Å². The molecule has 100 valence electrons. The molecule has 6 heteroatoms. The van der Waals surface area contributed by atoms with Crippen LogP contribution in [0.15, 0.2) is 18.2 Å². The molecular formula is C13H15N3O3. The van der Waals surface area contributed by atoms with Crippen LogP contribution in [-0.2, 0) is 16.1 Å². The van der Waals surface area contributed by atoms with Gasteiger partial charge < -0.3 is 19.8 Å². The van der Waals surface area contributed by atoms with Crippen molar-refractivity contribution in [1.82, 2.24) is 9.55 Å². The molecule has 6 nitrogen and oxygen atoms in total. The van der Waals surface area contributed by atoms with Gasteiger partial charge in [-0.15, -0.1) is 0 Å². The van der Waals surface area contributed by atoms with E-state index in [2.05, 4.69) is 9.55 Å². The SMILES string of the molecule is COC(=O)c1ccc2c(c1)nc1n2[C@@H](CN)COC1. The van der Waals surface area contributed by atoms with Crippen LogP contribution in [0.1, 0.15) is 22.2 Å². The average Bonchev–Trinajstić information content (AvgIpc) is 2.83. The molecule has 0 radical (unpaired) electrons. The third-order valence-corrected chi connectivity index (χ3v) is 3.36. The van der Waals surface area contributed by atoms with Crippen molar-refractivity contribution >= 4 is 17.0 Å². The van der Waals surface area contributed by atoms with Gasteiger partial charge in [-0.25, -0.2) is 9.78 Å². The lowest BCUT2D eigenvalue weighted by Crippen LogP contribution is -2.29. The Morgan fingerprint density at radius 2 is 2.47 bits per heavy atom. The highest BCUT2D eigenvalue weighted by Gasteiger charge is 2.23. The van der Waals surface area contributed by atoms with Gasteiger partial charge in [-0.3, -0.25) is 0 Å². The molecule has 2 aromatic rings. The van der Waals surface area contributed by atoms with E-state index in [0.717, 1.165) is 16.9 Å². The van der Waals surface area contributed by atoms with E-state index in [1.165, 1.54) is 7.11 Å². The number of aromatic nitrogens is 2. The van der Waals surface area contributed by atoms with Gasteiger partial charge in [-0.2, -0.15) is 0 Å². The van der Waals surface area contributed by atoms with Crippen molar-refractivity contribution in [2.45, 2.75) is 12.6 Å². The van der Waals surface area contributed by atoms with E-state index in [0.29, 0.717) is 25.3 Å². The number of ether oxygens (including phenoxy) is 2. The fraction of sp³-hybridized carbons (Fsp3) is 0.385. The van der Waals surface area contributed by atoms with Crippen LogP contribution in [0, 0.1) is 0 Å². The third kappa shape index (κ3) is 1.89. The molecule has 0 bridgehead atoms. The van der Waals surface area contributed by atoms with Gasteiger partial charge in [0.25, 0.3) is 0 Å². The summed E-state index contributed by atoms with van der Waals surface area (Å²) in [5, 5.41) is 0. The Morgan fingerprint density at radius 3 is 3.21 bits per heavy atom. The maximum atomic E-state index is 11.5. The Morgan fingerprint density at radius 1 is 1.63 bits per heavy atom. The minimum atomic E-state index is -0.362. The summed E-state index contributed by atoms with van der Waals surface area (Å²) in [5.41, 5.74) is 8.00. The van der Waals surface area contributed by atoms with E-state index in [9.17, 15) is 4.79 Å². The molecule has 3 rings (SSSR count). The zero-order chi connectivity index (χ0) is 13.4. The quantitative estimate of drug-likeness (QED) is 0.811. The number of nitrogens with two attached hydrogens (primary N) is 1. The monoisotopic (exact) mass is 261 g/mol. The van der Waals surface area contributed by atoms with Crippen LogP contribution < -0.4 is 5.73 Å². The third-order valence-electron chi connectivity index (χ3n) is 3.36. The van der Waals surface area contributed by atoms with Crippen LogP contribution in [-0.4, -0.2) is 35.8 Å². The molecule has 19 heavy (non-hydrogen) atoms. The highest BCUT2D eigenvalue weighted by Crippen LogP contribution is 2.26. The number of rotatable bonds is 2. The first-order chi connectivity index (χ1) is 9.24. The Bertz CT molecular complexity index is 635. The lowest BCUT2D eigenvalue weighted by molar-refractivity contribution is 0.0591. The smallest absolute Gasteiger partial charge is 0.337 e. The molecule has 0 aliphatic carbocycles. The zero-order valence-corrected chi connectivity index (χ0v) is 10.6. The van der Waals surface area contributed by atoms with Crippen LogP contribution in [0.4, 0.5) is 0 Å². The van der Waals surface area contributed by atoms with Crippen molar-refractivity contribution < 1.29 is 14.3 Å². The molecule has 1 atom stereocenters. The summed E-state index contributed by atoms with van der Waals surface area (Å²) in [4.78, 5) is 16.0. The second kappa shape index (κ2) is 4.64. The molecular weight excluding hydrogens is 246 g/mol. The van der Waals surface area contributed by atoms with Crippen LogP contribution in [0.25, 0.3) is 11.0 Å². The molecule has 1 aliphatic heterocycles. The van der Waals surface area contributed by atoms with Crippen molar-refractivity contribution in [2.24, 2.45) is 5.73 Å². The minimum Gasteiger partial charge on any atom is -0.465 e. The first-order valence-electron chi connectivity index (χ1n) is 6.11. The summed E-state index contributed by atoms with van der Waals surface area (Å²) in [6.45, 7) is 1.56. The van der Waals surface area contributed by atoms with Crippen molar-refractivity contribution in [3.63, 3.8) is 0 Å². The Hall–Kier alpha value is -1.92. The number of fused-ring (bicyclic) bond motifs is 3. The molecule has 0 unspecified atom stereocenters. The largest absolute Gasteiger partial charge is 0.465 e. The van der Waals surface area contributed by atoms with Gasteiger partial charge in [-0.1, -0.05) is 0 Å². The van der Waals surface area contributed by atoms with E-state index in [-0.39, 0.29) is 12.0 Å². The zero-order valence-electron chi connectivity index (χ0n) is 10.6. The van der Waals surface area contributed by atoms with Crippen LogP contribution in [0.3, 0.4) is 0 Å². The first kappa shape index (κ1) is 12.1. The molecule has 2 heterocycles. The second-order valence-corrected chi connectivity index (χ2v) is 4.50. The van der Waals surface area contributed by atoms with Gasteiger partial charge in [0.2, 0.25) is 0 Å². The normalized spacial score (nSPS) is 18.3. The number of benzene rings is 1. The van der Waals surface area contributed by atoms with E-state index >= 15 is 0 Å². The number of nitrogens with zero attached hydrogens (tertiary/aromatic N) is 2. The van der Waals surface area contributed by atoms with Gasteiger partial charge in [0.15, 0.2) is 0 Å². The molecule has 1 aromatic heterocycles. The van der Waals surface area contributed by atoms with E-state index in [1.807, 2.05) is 6.07 Å². The second-order valence-electron chi connectivity index (χ2n) is 4.50. The maximum absolute atomic E-state index is 11.5. The van der Waals surface area contributed by atoms with Crippen LogP contribution in [0.2, 0.25) is 0 Å². The highest BCUT2D eigenvalue weighted by molar-refractivity contribution is 5.93. The van der Waals surface area contributed by atoms with Crippen molar-refractivity contribution in [2.75, 3.05) is 20.3 Å².